The maximum absolute atomic E-state index is 6.15. The van der Waals surface area contributed by atoms with Crippen LogP contribution in [0.5, 0.6) is 0 Å². The quantitative estimate of drug-likeness (QED) is 0.445. The van der Waals surface area contributed by atoms with E-state index in [4.69, 9.17) is 16.5 Å². The predicted octanol–water partition coefficient (Wildman–Crippen LogP) is -0.361. The second-order valence-electron chi connectivity index (χ2n) is 5.26. The molecule has 4 nitrogen and oxygen atoms in total. The van der Waals surface area contributed by atoms with Gasteiger partial charge in [0.25, 0.3) is 20.0 Å². The van der Waals surface area contributed by atoms with E-state index in [1.54, 1.807) is 0 Å². The topological polar surface area (TPSA) is 36.9 Å². The van der Waals surface area contributed by atoms with Crippen LogP contribution in [0, 0.1) is 0 Å². The first-order valence-electron chi connectivity index (χ1n) is 6.60. The van der Waals surface area contributed by atoms with Crippen molar-refractivity contribution in [2.75, 3.05) is 0 Å². The van der Waals surface area contributed by atoms with Gasteiger partial charge >= 0.3 is 9.28 Å². The smallest absolute Gasteiger partial charge is 0.328 e. The number of benzene rings is 1. The van der Waals surface area contributed by atoms with E-state index in [1.807, 2.05) is 18.2 Å². The largest absolute Gasteiger partial charge is 0.449 e. The zero-order valence-corrected chi connectivity index (χ0v) is 19.6. The van der Waals surface area contributed by atoms with Gasteiger partial charge in [0.05, 0.1) is 0 Å². The summed E-state index contributed by atoms with van der Waals surface area (Å²) in [7, 11) is -4.33. The number of rotatable bonds is 9. The van der Waals surface area contributed by atoms with Gasteiger partial charge in [0.15, 0.2) is 8.32 Å². The predicted molar refractivity (Wildman–Crippen MR) is 97.3 cm³/mol. The zero-order chi connectivity index (χ0) is 14.8. The Labute approximate surface area is 132 Å². The van der Waals surface area contributed by atoms with E-state index in [0.717, 1.165) is 10.5 Å². The van der Waals surface area contributed by atoms with Gasteiger partial charge in [-0.25, -0.2) is 0 Å². The molecule has 0 spiro atoms. The second-order valence-corrected chi connectivity index (χ2v) is 17.3. The summed E-state index contributed by atoms with van der Waals surface area (Å²) in [6.07, 6.45) is 2.09. The first-order valence-corrected chi connectivity index (χ1v) is 14.7. The van der Waals surface area contributed by atoms with E-state index in [9.17, 15) is 0 Å². The third kappa shape index (κ3) is 8.94. The van der Waals surface area contributed by atoms with E-state index in [1.165, 1.54) is 5.56 Å². The molecule has 1 atom stereocenters. The summed E-state index contributed by atoms with van der Waals surface area (Å²) in [6, 6.07) is 10.2. The molecule has 0 aliphatic carbocycles. The van der Waals surface area contributed by atoms with Crippen LogP contribution in [0.3, 0.4) is 0 Å². The van der Waals surface area contributed by atoms with Crippen molar-refractivity contribution in [3.05, 3.63) is 41.6 Å². The fraction of sp³-hybridized carbons (Fsp3) is 0.273. The summed E-state index contributed by atoms with van der Waals surface area (Å²) in [4.78, 5) is 0. The minimum atomic E-state index is -1.78. The van der Waals surface area contributed by atoms with Crippen molar-refractivity contribution in [3.8, 4) is 0 Å². The molecule has 0 aliphatic heterocycles. The third-order valence-electron chi connectivity index (χ3n) is 2.23. The Kier molecular flexibility index (Phi) is 8.75. The minimum Gasteiger partial charge on any atom is -0.449 e. The highest BCUT2D eigenvalue weighted by Gasteiger charge is 2.21. The van der Waals surface area contributed by atoms with Crippen molar-refractivity contribution >= 4 is 54.2 Å². The van der Waals surface area contributed by atoms with Crippen LogP contribution in [0.15, 0.2) is 36.0 Å². The SMILES string of the molecule is C[Si](C)(C)O[SiH](C=Cc1ccccc1)O[SiH2]O[SiH2]O[SiH3]. The van der Waals surface area contributed by atoms with Gasteiger partial charge in [0.2, 0.25) is 0 Å². The van der Waals surface area contributed by atoms with Gasteiger partial charge in [-0.3, -0.25) is 0 Å². The van der Waals surface area contributed by atoms with E-state index < -0.39 is 37.6 Å². The van der Waals surface area contributed by atoms with E-state index in [0.29, 0.717) is 0 Å². The molecule has 0 aliphatic rings. The Hall–Kier alpha value is -0.116. The highest BCUT2D eigenvalue weighted by Crippen LogP contribution is 2.09. The molecule has 0 saturated heterocycles. The van der Waals surface area contributed by atoms with Crippen LogP contribution in [0.1, 0.15) is 5.56 Å². The van der Waals surface area contributed by atoms with Gasteiger partial charge in [-0.15, -0.1) is 0 Å². The molecule has 0 aromatic heterocycles. The molecule has 0 radical (unpaired) electrons. The maximum Gasteiger partial charge on any atom is 0.328 e. The van der Waals surface area contributed by atoms with Gasteiger partial charge in [-0.2, -0.15) is 0 Å². The van der Waals surface area contributed by atoms with Crippen LogP contribution in [0.25, 0.3) is 6.08 Å². The van der Waals surface area contributed by atoms with E-state index in [-0.39, 0.29) is 0 Å². The molecule has 0 saturated carbocycles. The van der Waals surface area contributed by atoms with Crippen LogP contribution in [-0.2, 0) is 16.5 Å². The zero-order valence-electron chi connectivity index (χ0n) is 12.7. The Morgan fingerprint density at radius 1 is 1.15 bits per heavy atom. The van der Waals surface area contributed by atoms with Gasteiger partial charge in [-0.1, -0.05) is 36.4 Å². The fourth-order valence-corrected chi connectivity index (χ4v) is 10.5. The van der Waals surface area contributed by atoms with Crippen molar-refractivity contribution in [1.82, 2.24) is 0 Å². The third-order valence-corrected chi connectivity index (χ3v) is 10.6. The molecular weight excluding hydrogens is 337 g/mol. The van der Waals surface area contributed by atoms with Crippen LogP contribution in [0.4, 0.5) is 0 Å². The summed E-state index contributed by atoms with van der Waals surface area (Å²) >= 11 is 0. The lowest BCUT2D eigenvalue weighted by Gasteiger charge is -2.23. The fourth-order valence-electron chi connectivity index (χ4n) is 1.46. The first-order chi connectivity index (χ1) is 9.51. The normalized spacial score (nSPS) is 15.2. The first kappa shape index (κ1) is 17.9. The van der Waals surface area contributed by atoms with Crippen LogP contribution in [0.2, 0.25) is 19.6 Å². The molecule has 0 N–H and O–H groups in total. The lowest BCUT2D eigenvalue weighted by molar-refractivity contribution is 0.388. The number of hydrogen-bond acceptors (Lipinski definition) is 4. The van der Waals surface area contributed by atoms with Crippen LogP contribution >= 0.6 is 0 Å². The van der Waals surface area contributed by atoms with Crippen molar-refractivity contribution in [2.45, 2.75) is 19.6 Å². The van der Waals surface area contributed by atoms with E-state index >= 15 is 0 Å². The minimum absolute atomic E-state index is 0.757. The summed E-state index contributed by atoms with van der Waals surface area (Å²) in [6.45, 7) is 6.56. The molecule has 0 fully saturated rings. The molecule has 112 valence electrons. The molecule has 1 unspecified atom stereocenters. The molecule has 9 heteroatoms. The lowest BCUT2D eigenvalue weighted by Crippen LogP contribution is -2.37. The highest BCUT2D eigenvalue weighted by atomic mass is 28.4. The molecule has 1 aromatic carbocycles. The van der Waals surface area contributed by atoms with Crippen molar-refractivity contribution in [1.29, 1.82) is 0 Å². The molecular formula is C11H24O4Si5. The Morgan fingerprint density at radius 2 is 1.85 bits per heavy atom. The summed E-state index contributed by atoms with van der Waals surface area (Å²) < 4.78 is 22.7. The molecule has 20 heavy (non-hydrogen) atoms. The Balaban J connectivity index is 2.55. The van der Waals surface area contributed by atoms with Crippen molar-refractivity contribution < 1.29 is 16.5 Å². The van der Waals surface area contributed by atoms with Gasteiger partial charge in [0, 0.05) is 0 Å². The van der Waals surface area contributed by atoms with Crippen molar-refractivity contribution in [3.63, 3.8) is 0 Å². The molecule has 0 amide bonds. The van der Waals surface area contributed by atoms with Gasteiger partial charge in [0.1, 0.15) is 10.5 Å². The Morgan fingerprint density at radius 3 is 2.45 bits per heavy atom. The average Bonchev–Trinajstić information content (AvgIpc) is 2.40. The van der Waals surface area contributed by atoms with Gasteiger partial charge in [-0.05, 0) is 30.9 Å². The second kappa shape index (κ2) is 9.75. The summed E-state index contributed by atoms with van der Waals surface area (Å²) in [5, 5.41) is 0. The molecule has 0 bridgehead atoms. The summed E-state index contributed by atoms with van der Waals surface area (Å²) in [5.74, 6) is 0. The molecule has 0 heterocycles. The van der Waals surface area contributed by atoms with E-state index in [2.05, 4.69) is 43.5 Å². The maximum atomic E-state index is 6.15. The lowest BCUT2D eigenvalue weighted by atomic mass is 10.2. The standard InChI is InChI=1S/C11H24O4Si5/c1-20(2,3)15-19(14-18-13-17-12-16)10-9-11-7-5-4-6-8-11/h4-10,19H,17-18H2,1-3,16H3. The monoisotopic (exact) mass is 360 g/mol. The molecule has 1 aromatic rings. The van der Waals surface area contributed by atoms with Gasteiger partial charge < -0.3 is 16.5 Å². The Bertz CT molecular complexity index is 396. The number of hydrogen-bond donors (Lipinski definition) is 0. The van der Waals surface area contributed by atoms with Crippen LogP contribution in [-0.4, -0.2) is 48.1 Å². The molecule has 1 rings (SSSR count). The van der Waals surface area contributed by atoms with Crippen LogP contribution < -0.4 is 0 Å². The van der Waals surface area contributed by atoms with Crippen molar-refractivity contribution in [2.24, 2.45) is 0 Å². The average molecular weight is 361 g/mol. The highest BCUT2D eigenvalue weighted by molar-refractivity contribution is 6.78. The summed E-state index contributed by atoms with van der Waals surface area (Å²) in [5.41, 5.74) is 3.28.